The number of carbonyl (C=O) groups excluding carboxylic acids is 2. The first-order valence-electron chi connectivity index (χ1n) is 15.9. The van der Waals surface area contributed by atoms with Crippen LogP contribution in [0.1, 0.15) is 99.5 Å². The molecule has 5 rings (SSSR count). The van der Waals surface area contributed by atoms with E-state index in [1.54, 1.807) is 0 Å². The summed E-state index contributed by atoms with van der Waals surface area (Å²) in [4.78, 5) is 28.2. The second-order valence-corrected chi connectivity index (χ2v) is 12.1. The van der Waals surface area contributed by atoms with Crippen LogP contribution >= 0.6 is 0 Å². The molecule has 0 unspecified atom stereocenters. The van der Waals surface area contributed by atoms with Gasteiger partial charge in [0.1, 0.15) is 22.9 Å². The van der Waals surface area contributed by atoms with Crippen molar-refractivity contribution in [3.63, 3.8) is 0 Å². The van der Waals surface area contributed by atoms with Crippen molar-refractivity contribution in [3.8, 4) is 17.2 Å². The number of aryl methyl sites for hydroxylation is 4. The quantitative estimate of drug-likeness (QED) is 0.0809. The van der Waals surface area contributed by atoms with Crippen LogP contribution in [-0.4, -0.2) is 28.4 Å². The van der Waals surface area contributed by atoms with Crippen molar-refractivity contribution in [3.05, 3.63) is 98.9 Å². The average Bonchev–Trinajstić information content (AvgIpc) is 3.01. The lowest BCUT2D eigenvalue weighted by molar-refractivity contribution is 0.0967. The van der Waals surface area contributed by atoms with E-state index >= 15 is 4.39 Å². The van der Waals surface area contributed by atoms with E-state index in [4.69, 9.17) is 4.74 Å². The van der Waals surface area contributed by atoms with Crippen molar-refractivity contribution >= 4 is 34.3 Å². The Morgan fingerprint density at radius 1 is 0.609 bits per heavy atom. The summed E-state index contributed by atoms with van der Waals surface area (Å²) in [5.74, 6) is -3.69. The SMILES string of the molecule is CCCCCCCCOc1c(Nc2c(C)cccc2C)c(Nc2c(C)cccc2C)c(F)c2c1C(=O)c1c(O)ccc(O)c1C2=O. The highest BCUT2D eigenvalue weighted by Gasteiger charge is 2.42. The molecule has 0 radical (unpaired) electrons. The number of aromatic hydroxyl groups is 2. The third-order valence-electron chi connectivity index (χ3n) is 8.67. The fraction of sp³-hybridized carbons (Fsp3) is 0.316. The first-order valence-corrected chi connectivity index (χ1v) is 15.9. The van der Waals surface area contributed by atoms with Crippen LogP contribution in [0.15, 0.2) is 48.5 Å². The van der Waals surface area contributed by atoms with Gasteiger partial charge in [0.15, 0.2) is 11.6 Å². The number of nitrogens with one attached hydrogen (secondary N) is 2. The number of hydrogen-bond acceptors (Lipinski definition) is 7. The van der Waals surface area contributed by atoms with Gasteiger partial charge in [-0.3, -0.25) is 9.59 Å². The van der Waals surface area contributed by atoms with E-state index in [0.717, 1.165) is 66.5 Å². The zero-order valence-corrected chi connectivity index (χ0v) is 27.1. The number of halogens is 1. The van der Waals surface area contributed by atoms with Gasteiger partial charge in [-0.05, 0) is 68.5 Å². The second kappa shape index (κ2) is 13.6. The zero-order chi connectivity index (χ0) is 33.1. The molecule has 1 aliphatic rings. The number of rotatable bonds is 12. The van der Waals surface area contributed by atoms with Gasteiger partial charge in [0, 0.05) is 11.4 Å². The standard InChI is InChI=1S/C38H41FN2O5/c1-6-7-8-9-10-11-20-46-38-30-29(36(44)27-25(42)18-19-26(43)28(27)37(30)45)31(39)34(40-32-21(2)14-12-15-22(32)3)35(38)41-33-23(4)16-13-17-24(33)5/h12-19,40-43H,6-11,20H2,1-5H3. The number of unbranched alkanes of at least 4 members (excludes halogenated alkanes) is 5. The van der Waals surface area contributed by atoms with Crippen molar-refractivity contribution in [1.29, 1.82) is 0 Å². The Bertz CT molecular complexity index is 1790. The summed E-state index contributed by atoms with van der Waals surface area (Å²) < 4.78 is 23.5. The van der Waals surface area contributed by atoms with E-state index in [9.17, 15) is 19.8 Å². The molecule has 1 aliphatic carbocycles. The third-order valence-corrected chi connectivity index (χ3v) is 8.67. The van der Waals surface area contributed by atoms with Gasteiger partial charge in [0.2, 0.25) is 11.6 Å². The Morgan fingerprint density at radius 3 is 1.59 bits per heavy atom. The maximum absolute atomic E-state index is 17.1. The maximum Gasteiger partial charge on any atom is 0.202 e. The van der Waals surface area contributed by atoms with Crippen molar-refractivity contribution in [1.82, 2.24) is 0 Å². The van der Waals surface area contributed by atoms with Crippen LogP contribution in [-0.2, 0) is 0 Å². The number of carbonyl (C=O) groups is 2. The molecule has 4 N–H and O–H groups in total. The Balaban J connectivity index is 1.77. The minimum absolute atomic E-state index is 0.00749. The number of phenolic OH excluding ortho intramolecular Hbond substituents is 2. The summed E-state index contributed by atoms with van der Waals surface area (Å²) >= 11 is 0. The second-order valence-electron chi connectivity index (χ2n) is 12.1. The molecule has 240 valence electrons. The molecule has 7 nitrogen and oxygen atoms in total. The summed E-state index contributed by atoms with van der Waals surface area (Å²) in [5.41, 5.74) is 3.27. The number of ketones is 2. The molecule has 0 heterocycles. The Morgan fingerprint density at radius 2 is 1.07 bits per heavy atom. The van der Waals surface area contributed by atoms with Gasteiger partial charge in [0.25, 0.3) is 0 Å². The van der Waals surface area contributed by atoms with Gasteiger partial charge in [-0.15, -0.1) is 0 Å². The molecule has 0 fully saturated rings. The first kappa shape index (κ1) is 32.5. The van der Waals surface area contributed by atoms with Crippen LogP contribution in [0.25, 0.3) is 0 Å². The summed E-state index contributed by atoms with van der Waals surface area (Å²) in [6, 6.07) is 13.7. The van der Waals surface area contributed by atoms with Gasteiger partial charge in [-0.2, -0.15) is 0 Å². The Labute approximate surface area is 269 Å². The number of fused-ring (bicyclic) bond motifs is 2. The largest absolute Gasteiger partial charge is 0.507 e. The molecule has 46 heavy (non-hydrogen) atoms. The highest BCUT2D eigenvalue weighted by molar-refractivity contribution is 6.32. The van der Waals surface area contributed by atoms with E-state index < -0.39 is 40.0 Å². The van der Waals surface area contributed by atoms with Gasteiger partial charge in [0.05, 0.1) is 28.9 Å². The van der Waals surface area contributed by atoms with Crippen LogP contribution in [0.4, 0.5) is 27.1 Å². The minimum atomic E-state index is -0.968. The predicted octanol–water partition coefficient (Wildman–Crippen LogP) is 9.47. The maximum atomic E-state index is 17.1. The number of para-hydroxylation sites is 2. The molecule has 8 heteroatoms. The van der Waals surface area contributed by atoms with E-state index in [2.05, 4.69) is 17.6 Å². The third kappa shape index (κ3) is 6.04. The molecule has 0 aliphatic heterocycles. The average molecular weight is 625 g/mol. The monoisotopic (exact) mass is 624 g/mol. The van der Waals surface area contributed by atoms with Crippen LogP contribution in [0.5, 0.6) is 17.2 Å². The van der Waals surface area contributed by atoms with Crippen molar-refractivity contribution < 1.29 is 28.9 Å². The topological polar surface area (TPSA) is 108 Å². The van der Waals surface area contributed by atoms with Crippen molar-refractivity contribution in [2.75, 3.05) is 17.2 Å². The summed E-state index contributed by atoms with van der Waals surface area (Å²) in [5, 5.41) is 28.0. The number of ether oxygens (including phenoxy) is 1. The van der Waals surface area contributed by atoms with Crippen molar-refractivity contribution in [2.45, 2.75) is 73.1 Å². The lowest BCUT2D eigenvalue weighted by atomic mass is 9.81. The summed E-state index contributed by atoms with van der Waals surface area (Å²) in [7, 11) is 0. The van der Waals surface area contributed by atoms with E-state index in [0.29, 0.717) is 17.8 Å². The van der Waals surface area contributed by atoms with Crippen LogP contribution in [0.2, 0.25) is 0 Å². The van der Waals surface area contributed by atoms with Crippen LogP contribution in [0, 0.1) is 33.5 Å². The van der Waals surface area contributed by atoms with E-state index in [-0.39, 0.29) is 34.9 Å². The lowest BCUT2D eigenvalue weighted by Crippen LogP contribution is -2.25. The summed E-state index contributed by atoms with van der Waals surface area (Å²) in [6.45, 7) is 10.0. The van der Waals surface area contributed by atoms with Crippen LogP contribution < -0.4 is 15.4 Å². The lowest BCUT2D eigenvalue weighted by Gasteiger charge is -2.28. The smallest absolute Gasteiger partial charge is 0.202 e. The molecule has 0 bridgehead atoms. The van der Waals surface area contributed by atoms with Crippen LogP contribution in [0.3, 0.4) is 0 Å². The van der Waals surface area contributed by atoms with E-state index in [1.165, 1.54) is 0 Å². The van der Waals surface area contributed by atoms with Gasteiger partial charge >= 0.3 is 0 Å². The number of hydrogen-bond donors (Lipinski definition) is 4. The molecule has 0 spiro atoms. The van der Waals surface area contributed by atoms with Gasteiger partial charge in [-0.1, -0.05) is 75.4 Å². The summed E-state index contributed by atoms with van der Waals surface area (Å²) in [6.07, 6.45) is 6.00. The molecule has 0 saturated carbocycles. The molecular weight excluding hydrogens is 583 g/mol. The highest BCUT2D eigenvalue weighted by atomic mass is 19.1. The van der Waals surface area contributed by atoms with E-state index in [1.807, 2.05) is 64.1 Å². The number of benzene rings is 4. The molecule has 0 aromatic heterocycles. The predicted molar refractivity (Wildman–Crippen MR) is 180 cm³/mol. The van der Waals surface area contributed by atoms with Gasteiger partial charge in [-0.25, -0.2) is 4.39 Å². The minimum Gasteiger partial charge on any atom is -0.507 e. The normalized spacial score (nSPS) is 12.1. The molecular formula is C38H41FN2O5. The molecule has 0 saturated heterocycles. The van der Waals surface area contributed by atoms with Crippen molar-refractivity contribution in [2.24, 2.45) is 0 Å². The number of phenols is 2. The molecule has 4 aromatic carbocycles. The highest BCUT2D eigenvalue weighted by Crippen LogP contribution is 2.50. The Hall–Kier alpha value is -4.85. The molecule has 0 atom stereocenters. The fourth-order valence-corrected chi connectivity index (χ4v) is 6.13. The Kier molecular flexibility index (Phi) is 9.65. The molecule has 0 amide bonds. The van der Waals surface area contributed by atoms with Gasteiger partial charge < -0.3 is 25.6 Å². The molecule has 4 aromatic rings. The zero-order valence-electron chi connectivity index (χ0n) is 27.1. The number of anilines is 4. The first-order chi connectivity index (χ1) is 22.1. The fourth-order valence-electron chi connectivity index (χ4n) is 6.13.